The quantitative estimate of drug-likeness (QED) is 0.352. The van der Waals surface area contributed by atoms with Gasteiger partial charge in [-0.05, 0) is 24.1 Å². The molecule has 0 unspecified atom stereocenters. The normalized spacial score (nSPS) is 17.3. The number of primary amides is 1. The summed E-state index contributed by atoms with van der Waals surface area (Å²) in [4.78, 5) is 29.8. The van der Waals surface area contributed by atoms with E-state index < -0.39 is 11.9 Å². The van der Waals surface area contributed by atoms with Crippen molar-refractivity contribution in [1.29, 1.82) is 5.26 Å². The molecule has 0 aliphatic carbocycles. The standard InChI is InChI=1S/C24H23N9O3/c1-14-9-31(21-3-2-15(5-25)6-27-21)12-19(14)30-23-18(24(26)36)8-29-33-11-16(4-20(23)33)17-7-28-32(10-17)13-22(34)35/h2-4,6-8,10-11,14,19,30H,9,12-13H2,1H3,(H2,26,36)(H,34,35)/t14-,19-/m1/s1. The van der Waals surface area contributed by atoms with Crippen molar-refractivity contribution in [2.24, 2.45) is 11.7 Å². The van der Waals surface area contributed by atoms with Gasteiger partial charge in [-0.3, -0.25) is 14.3 Å². The number of hydrogen-bond acceptors (Lipinski definition) is 8. The van der Waals surface area contributed by atoms with Crippen LogP contribution < -0.4 is 16.0 Å². The third kappa shape index (κ3) is 4.29. The third-order valence-corrected chi connectivity index (χ3v) is 6.31. The number of nitrogens with zero attached hydrogens (tertiary/aromatic N) is 7. The van der Waals surface area contributed by atoms with Gasteiger partial charge in [-0.25, -0.2) is 9.50 Å². The number of pyridine rings is 1. The molecule has 12 nitrogen and oxygen atoms in total. The van der Waals surface area contributed by atoms with Gasteiger partial charge in [0.15, 0.2) is 0 Å². The molecule has 0 bridgehead atoms. The summed E-state index contributed by atoms with van der Waals surface area (Å²) in [5.74, 6) is -0.578. The Bertz CT molecular complexity index is 1500. The van der Waals surface area contributed by atoms with E-state index >= 15 is 0 Å². The summed E-state index contributed by atoms with van der Waals surface area (Å²) >= 11 is 0. The first-order chi connectivity index (χ1) is 17.3. The maximum atomic E-state index is 12.3. The number of fused-ring (bicyclic) bond motifs is 1. The highest BCUT2D eigenvalue weighted by Gasteiger charge is 2.32. The van der Waals surface area contributed by atoms with Crippen LogP contribution in [0.1, 0.15) is 22.8 Å². The van der Waals surface area contributed by atoms with Gasteiger partial charge < -0.3 is 21.1 Å². The van der Waals surface area contributed by atoms with Gasteiger partial charge in [0.05, 0.1) is 34.7 Å². The zero-order valence-electron chi connectivity index (χ0n) is 19.4. The number of hydrogen-bond donors (Lipinski definition) is 3. The molecule has 36 heavy (non-hydrogen) atoms. The minimum atomic E-state index is -0.984. The van der Waals surface area contributed by atoms with Crippen LogP contribution in [0.4, 0.5) is 11.5 Å². The van der Waals surface area contributed by atoms with Crippen LogP contribution in [0, 0.1) is 17.2 Å². The highest BCUT2D eigenvalue weighted by atomic mass is 16.4. The minimum Gasteiger partial charge on any atom is -0.480 e. The molecular weight excluding hydrogens is 462 g/mol. The summed E-state index contributed by atoms with van der Waals surface area (Å²) in [5, 5.41) is 30.0. The van der Waals surface area contributed by atoms with E-state index in [4.69, 9.17) is 16.1 Å². The van der Waals surface area contributed by atoms with Gasteiger partial charge in [-0.2, -0.15) is 15.5 Å². The number of nitrogens with two attached hydrogens (primary N) is 1. The first-order valence-corrected chi connectivity index (χ1v) is 11.3. The summed E-state index contributed by atoms with van der Waals surface area (Å²) in [5.41, 5.74) is 9.19. The van der Waals surface area contributed by atoms with Crippen LogP contribution in [0.2, 0.25) is 0 Å². The van der Waals surface area contributed by atoms with Crippen molar-refractivity contribution in [2.45, 2.75) is 19.5 Å². The van der Waals surface area contributed by atoms with E-state index in [1.54, 1.807) is 35.4 Å². The van der Waals surface area contributed by atoms with Gasteiger partial charge >= 0.3 is 5.97 Å². The number of carboxylic acid groups (broad SMARTS) is 1. The smallest absolute Gasteiger partial charge is 0.325 e. The second-order valence-corrected chi connectivity index (χ2v) is 8.83. The third-order valence-electron chi connectivity index (χ3n) is 6.31. The van der Waals surface area contributed by atoms with E-state index in [0.717, 1.165) is 23.5 Å². The Morgan fingerprint density at radius 2 is 2.03 bits per heavy atom. The highest BCUT2D eigenvalue weighted by Crippen LogP contribution is 2.31. The molecule has 2 atom stereocenters. The largest absolute Gasteiger partial charge is 0.480 e. The lowest BCUT2D eigenvalue weighted by atomic mass is 10.1. The Labute approximate surface area is 205 Å². The summed E-state index contributed by atoms with van der Waals surface area (Å²) in [6.07, 6.45) is 8.01. The van der Waals surface area contributed by atoms with Gasteiger partial charge in [0, 0.05) is 48.8 Å². The lowest BCUT2D eigenvalue weighted by Gasteiger charge is -2.21. The second kappa shape index (κ2) is 9.03. The van der Waals surface area contributed by atoms with Gasteiger partial charge in [0.1, 0.15) is 18.4 Å². The van der Waals surface area contributed by atoms with Crippen molar-refractivity contribution < 1.29 is 14.7 Å². The van der Waals surface area contributed by atoms with Gasteiger partial charge in [0.2, 0.25) is 0 Å². The number of aliphatic carboxylic acids is 1. The summed E-state index contributed by atoms with van der Waals surface area (Å²) in [7, 11) is 0. The molecule has 1 saturated heterocycles. The zero-order chi connectivity index (χ0) is 25.4. The SMILES string of the molecule is C[C@@H]1CN(c2ccc(C#N)cn2)C[C@H]1Nc1c(C(N)=O)cnn2cc(-c3cnn(CC(=O)O)c3)cc12. The maximum absolute atomic E-state index is 12.3. The first kappa shape index (κ1) is 22.9. The van der Waals surface area contributed by atoms with Crippen LogP contribution in [0.15, 0.2) is 49.2 Å². The number of aromatic nitrogens is 5. The predicted molar refractivity (Wildman–Crippen MR) is 130 cm³/mol. The molecule has 4 aromatic heterocycles. The average Bonchev–Trinajstić information content (AvgIpc) is 3.57. The van der Waals surface area contributed by atoms with Crippen LogP contribution in [-0.4, -0.2) is 60.5 Å². The van der Waals surface area contributed by atoms with Crippen LogP contribution in [0.5, 0.6) is 0 Å². The molecule has 0 saturated carbocycles. The molecule has 4 aromatic rings. The number of amides is 1. The number of rotatable bonds is 7. The van der Waals surface area contributed by atoms with Crippen molar-refractivity contribution >= 4 is 28.9 Å². The number of nitriles is 1. The van der Waals surface area contributed by atoms with E-state index in [-0.39, 0.29) is 24.1 Å². The molecule has 0 radical (unpaired) electrons. The average molecular weight is 486 g/mol. The number of anilines is 2. The second-order valence-electron chi connectivity index (χ2n) is 8.83. The number of carboxylic acids is 1. The lowest BCUT2D eigenvalue weighted by molar-refractivity contribution is -0.137. The van der Waals surface area contributed by atoms with Crippen molar-refractivity contribution in [3.8, 4) is 17.2 Å². The van der Waals surface area contributed by atoms with Crippen LogP contribution in [0.25, 0.3) is 16.6 Å². The van der Waals surface area contributed by atoms with Crippen LogP contribution in [0.3, 0.4) is 0 Å². The van der Waals surface area contributed by atoms with Crippen molar-refractivity contribution in [2.75, 3.05) is 23.3 Å². The van der Waals surface area contributed by atoms with Crippen molar-refractivity contribution in [3.05, 3.63) is 60.3 Å². The van der Waals surface area contributed by atoms with E-state index in [1.807, 2.05) is 12.1 Å². The molecule has 5 rings (SSSR count). The van der Waals surface area contributed by atoms with Crippen LogP contribution in [-0.2, 0) is 11.3 Å². The van der Waals surface area contributed by atoms with Crippen molar-refractivity contribution in [3.63, 3.8) is 0 Å². The van der Waals surface area contributed by atoms with Crippen molar-refractivity contribution in [1.82, 2.24) is 24.4 Å². The highest BCUT2D eigenvalue weighted by molar-refractivity contribution is 6.02. The zero-order valence-corrected chi connectivity index (χ0v) is 19.4. The number of carbonyl (C=O) groups excluding carboxylic acids is 1. The summed E-state index contributed by atoms with van der Waals surface area (Å²) in [6, 6.07) is 7.50. The molecule has 1 aliphatic heterocycles. The van der Waals surface area contributed by atoms with E-state index in [0.29, 0.717) is 23.3 Å². The van der Waals surface area contributed by atoms with E-state index in [1.165, 1.54) is 10.9 Å². The Kier molecular flexibility index (Phi) is 5.73. The molecule has 1 aliphatic rings. The molecular formula is C24H23N9O3. The lowest BCUT2D eigenvalue weighted by Crippen LogP contribution is -2.30. The molecule has 182 valence electrons. The summed E-state index contributed by atoms with van der Waals surface area (Å²) < 4.78 is 2.99. The van der Waals surface area contributed by atoms with Gasteiger partial charge in [0.25, 0.3) is 5.91 Å². The number of nitrogens with one attached hydrogen (secondary N) is 1. The molecule has 1 amide bonds. The molecule has 0 aromatic carbocycles. The molecule has 12 heteroatoms. The predicted octanol–water partition coefficient (Wildman–Crippen LogP) is 1.58. The Balaban J connectivity index is 1.46. The topological polar surface area (TPSA) is 167 Å². The van der Waals surface area contributed by atoms with Gasteiger partial charge in [-0.1, -0.05) is 6.92 Å². The fourth-order valence-corrected chi connectivity index (χ4v) is 4.46. The van der Waals surface area contributed by atoms with E-state index in [2.05, 4.69) is 38.4 Å². The van der Waals surface area contributed by atoms with Gasteiger partial charge in [-0.15, -0.1) is 0 Å². The molecule has 4 N–H and O–H groups in total. The Morgan fingerprint density at radius 3 is 2.72 bits per heavy atom. The molecule has 1 fully saturated rings. The molecule has 0 spiro atoms. The Hall–Kier alpha value is -4.92. The molecule has 5 heterocycles. The first-order valence-electron chi connectivity index (χ1n) is 11.3. The summed E-state index contributed by atoms with van der Waals surface area (Å²) in [6.45, 7) is 3.26. The van der Waals surface area contributed by atoms with E-state index in [9.17, 15) is 9.59 Å². The fourth-order valence-electron chi connectivity index (χ4n) is 4.46. The monoisotopic (exact) mass is 485 g/mol. The minimum absolute atomic E-state index is 0.0107. The number of carbonyl (C=O) groups is 2. The Morgan fingerprint density at radius 1 is 1.19 bits per heavy atom. The fraction of sp³-hybridized carbons (Fsp3) is 0.250. The van der Waals surface area contributed by atoms with Crippen LogP contribution >= 0.6 is 0 Å². The maximum Gasteiger partial charge on any atom is 0.325 e.